The van der Waals surface area contributed by atoms with Crippen molar-refractivity contribution in [3.8, 4) is 0 Å². The van der Waals surface area contributed by atoms with Crippen LogP contribution in [0.5, 0.6) is 0 Å². The smallest absolute Gasteiger partial charge is 0.209 e. The molecule has 0 aromatic heterocycles. The molecular formula is C9H15NO. The third-order valence-corrected chi connectivity index (χ3v) is 3.42. The van der Waals surface area contributed by atoms with E-state index in [1.165, 1.54) is 32.1 Å². The van der Waals surface area contributed by atoms with Crippen LogP contribution < -0.4 is 0 Å². The Morgan fingerprint density at radius 2 is 1.73 bits per heavy atom. The van der Waals surface area contributed by atoms with Gasteiger partial charge in [0.15, 0.2) is 0 Å². The molecule has 0 radical (unpaired) electrons. The van der Waals surface area contributed by atoms with Gasteiger partial charge in [0, 0.05) is 13.1 Å². The van der Waals surface area contributed by atoms with Crippen LogP contribution in [0.15, 0.2) is 0 Å². The highest BCUT2D eigenvalue weighted by molar-refractivity contribution is 5.47. The van der Waals surface area contributed by atoms with Gasteiger partial charge in [-0.3, -0.25) is 4.79 Å². The molecule has 2 nitrogen and oxygen atoms in total. The molecule has 1 saturated carbocycles. The molecule has 1 saturated heterocycles. The minimum absolute atomic E-state index is 0.680. The topological polar surface area (TPSA) is 20.3 Å². The summed E-state index contributed by atoms with van der Waals surface area (Å²) in [5, 5.41) is 0. The van der Waals surface area contributed by atoms with Gasteiger partial charge in [-0.05, 0) is 31.1 Å². The number of piperidine rings is 1. The molecule has 62 valence electrons. The molecule has 1 aliphatic heterocycles. The molecule has 1 amide bonds. The van der Waals surface area contributed by atoms with Gasteiger partial charge in [-0.2, -0.15) is 0 Å². The Hall–Kier alpha value is -0.530. The van der Waals surface area contributed by atoms with Gasteiger partial charge in [0.1, 0.15) is 0 Å². The minimum Gasteiger partial charge on any atom is -0.345 e. The summed E-state index contributed by atoms with van der Waals surface area (Å²) in [5.41, 5.74) is 0.680. The maximum absolute atomic E-state index is 10.4. The molecule has 0 atom stereocenters. The molecule has 0 aromatic carbocycles. The van der Waals surface area contributed by atoms with Gasteiger partial charge in [0.05, 0.1) is 0 Å². The second-order valence-electron chi connectivity index (χ2n) is 3.99. The molecule has 1 spiro atoms. The van der Waals surface area contributed by atoms with E-state index in [2.05, 4.69) is 0 Å². The number of carbonyl (C=O) groups excluding carboxylic acids is 1. The Morgan fingerprint density at radius 3 is 2.09 bits per heavy atom. The Balaban J connectivity index is 1.88. The van der Waals surface area contributed by atoms with E-state index in [9.17, 15) is 4.79 Å². The van der Waals surface area contributed by atoms with Crippen molar-refractivity contribution in [2.45, 2.75) is 32.1 Å². The quantitative estimate of drug-likeness (QED) is 0.521. The SMILES string of the molecule is O=CN1CCC2(CCC2)CC1. The first-order chi connectivity index (χ1) is 5.35. The fourth-order valence-electron chi connectivity index (χ4n) is 2.28. The average molecular weight is 153 g/mol. The Labute approximate surface area is 67.6 Å². The van der Waals surface area contributed by atoms with E-state index in [0.717, 1.165) is 19.5 Å². The van der Waals surface area contributed by atoms with E-state index < -0.39 is 0 Å². The van der Waals surface area contributed by atoms with Crippen molar-refractivity contribution in [3.05, 3.63) is 0 Å². The lowest BCUT2D eigenvalue weighted by Crippen LogP contribution is -2.42. The van der Waals surface area contributed by atoms with Gasteiger partial charge in [-0.25, -0.2) is 0 Å². The van der Waals surface area contributed by atoms with Crippen molar-refractivity contribution >= 4 is 6.41 Å². The largest absolute Gasteiger partial charge is 0.345 e. The summed E-state index contributed by atoms with van der Waals surface area (Å²) in [6.45, 7) is 2.01. The highest BCUT2D eigenvalue weighted by atomic mass is 16.1. The zero-order valence-corrected chi connectivity index (χ0v) is 6.88. The van der Waals surface area contributed by atoms with Crippen LogP contribution in [0.25, 0.3) is 0 Å². The van der Waals surface area contributed by atoms with Crippen molar-refractivity contribution in [2.24, 2.45) is 5.41 Å². The van der Waals surface area contributed by atoms with E-state index in [1.54, 1.807) is 0 Å². The summed E-state index contributed by atoms with van der Waals surface area (Å²) in [7, 11) is 0. The molecule has 0 bridgehead atoms. The molecule has 0 aromatic rings. The van der Waals surface area contributed by atoms with Crippen molar-refractivity contribution in [3.63, 3.8) is 0 Å². The molecule has 2 rings (SSSR count). The zero-order valence-electron chi connectivity index (χ0n) is 6.88. The normalized spacial score (nSPS) is 28.2. The Kier molecular flexibility index (Phi) is 1.63. The standard InChI is InChI=1S/C9H15NO/c11-8-10-6-4-9(5-7-10)2-1-3-9/h8H,1-7H2. The number of rotatable bonds is 1. The summed E-state index contributed by atoms with van der Waals surface area (Å²) in [5.74, 6) is 0. The highest BCUT2D eigenvalue weighted by Gasteiger charge is 2.39. The fraction of sp³-hybridized carbons (Fsp3) is 0.889. The third-order valence-electron chi connectivity index (χ3n) is 3.42. The molecule has 2 aliphatic rings. The summed E-state index contributed by atoms with van der Waals surface area (Å²) >= 11 is 0. The van der Waals surface area contributed by atoms with E-state index in [0.29, 0.717) is 5.41 Å². The Bertz CT molecular complexity index is 153. The molecule has 0 unspecified atom stereocenters. The lowest BCUT2D eigenvalue weighted by Gasteiger charge is -2.47. The number of amides is 1. The average Bonchev–Trinajstić information content (AvgIpc) is 2.02. The van der Waals surface area contributed by atoms with Crippen LogP contribution in [0.1, 0.15) is 32.1 Å². The number of likely N-dealkylation sites (tertiary alicyclic amines) is 1. The predicted octanol–water partition coefficient (Wildman–Crippen LogP) is 1.41. The molecule has 11 heavy (non-hydrogen) atoms. The molecule has 2 fully saturated rings. The first kappa shape index (κ1) is 7.14. The van der Waals surface area contributed by atoms with Gasteiger partial charge >= 0.3 is 0 Å². The van der Waals surface area contributed by atoms with Crippen LogP contribution in [0.4, 0.5) is 0 Å². The minimum atomic E-state index is 0.680. The monoisotopic (exact) mass is 153 g/mol. The van der Waals surface area contributed by atoms with Gasteiger partial charge < -0.3 is 4.90 Å². The summed E-state index contributed by atoms with van der Waals surface area (Å²) in [4.78, 5) is 12.3. The number of hydrogen-bond acceptors (Lipinski definition) is 1. The van der Waals surface area contributed by atoms with Gasteiger partial charge in [-0.15, -0.1) is 0 Å². The zero-order chi connectivity index (χ0) is 7.73. The summed E-state index contributed by atoms with van der Waals surface area (Å²) < 4.78 is 0. The van der Waals surface area contributed by atoms with Crippen LogP contribution in [0.3, 0.4) is 0 Å². The first-order valence-electron chi connectivity index (χ1n) is 4.54. The second kappa shape index (κ2) is 2.50. The summed E-state index contributed by atoms with van der Waals surface area (Å²) in [6.07, 6.45) is 7.75. The second-order valence-corrected chi connectivity index (χ2v) is 3.99. The van der Waals surface area contributed by atoms with Crippen LogP contribution in [0.2, 0.25) is 0 Å². The maximum Gasteiger partial charge on any atom is 0.209 e. The molecule has 2 heteroatoms. The van der Waals surface area contributed by atoms with Crippen molar-refractivity contribution < 1.29 is 4.79 Å². The van der Waals surface area contributed by atoms with Crippen LogP contribution in [-0.2, 0) is 4.79 Å². The lowest BCUT2D eigenvalue weighted by molar-refractivity contribution is -0.121. The Morgan fingerprint density at radius 1 is 1.09 bits per heavy atom. The number of nitrogens with zero attached hydrogens (tertiary/aromatic N) is 1. The van der Waals surface area contributed by atoms with Crippen molar-refractivity contribution in [1.82, 2.24) is 4.90 Å². The third kappa shape index (κ3) is 1.15. The van der Waals surface area contributed by atoms with E-state index >= 15 is 0 Å². The summed E-state index contributed by atoms with van der Waals surface area (Å²) in [6, 6.07) is 0. The molecule has 0 N–H and O–H groups in total. The highest BCUT2D eigenvalue weighted by Crippen LogP contribution is 2.48. The van der Waals surface area contributed by atoms with Crippen molar-refractivity contribution in [1.29, 1.82) is 0 Å². The lowest BCUT2D eigenvalue weighted by atomic mass is 9.63. The van der Waals surface area contributed by atoms with Crippen molar-refractivity contribution in [2.75, 3.05) is 13.1 Å². The van der Waals surface area contributed by atoms with Crippen LogP contribution >= 0.6 is 0 Å². The molecular weight excluding hydrogens is 138 g/mol. The van der Waals surface area contributed by atoms with Crippen LogP contribution in [0, 0.1) is 5.41 Å². The first-order valence-corrected chi connectivity index (χ1v) is 4.54. The van der Waals surface area contributed by atoms with E-state index in [4.69, 9.17) is 0 Å². The van der Waals surface area contributed by atoms with E-state index in [-0.39, 0.29) is 0 Å². The van der Waals surface area contributed by atoms with Crippen LogP contribution in [-0.4, -0.2) is 24.4 Å². The van der Waals surface area contributed by atoms with Gasteiger partial charge in [0.2, 0.25) is 6.41 Å². The molecule has 1 aliphatic carbocycles. The van der Waals surface area contributed by atoms with E-state index in [1.807, 2.05) is 4.90 Å². The maximum atomic E-state index is 10.4. The number of hydrogen-bond donors (Lipinski definition) is 0. The van der Waals surface area contributed by atoms with Gasteiger partial charge in [-0.1, -0.05) is 6.42 Å². The number of carbonyl (C=O) groups is 1. The predicted molar refractivity (Wildman–Crippen MR) is 43.2 cm³/mol. The van der Waals surface area contributed by atoms with Gasteiger partial charge in [0.25, 0.3) is 0 Å². The molecule has 1 heterocycles. The fourth-order valence-corrected chi connectivity index (χ4v) is 2.28.